The zero-order valence-electron chi connectivity index (χ0n) is 17.0. The van der Waals surface area contributed by atoms with Gasteiger partial charge in [0.25, 0.3) is 5.56 Å². The zero-order valence-corrected chi connectivity index (χ0v) is 18.5. The number of aryl methyl sites for hydroxylation is 1. The second kappa shape index (κ2) is 9.67. The van der Waals surface area contributed by atoms with Crippen molar-refractivity contribution in [3.8, 4) is 5.75 Å². The molecule has 7 nitrogen and oxygen atoms in total. The van der Waals surface area contributed by atoms with E-state index < -0.39 is 12.1 Å². The maximum Gasteiger partial charge on any atom is 0.346 e. The Morgan fingerprint density at radius 2 is 2.07 bits per heavy atom. The van der Waals surface area contributed by atoms with Crippen molar-refractivity contribution in [3.05, 3.63) is 68.7 Å². The number of hydrogen-bond acceptors (Lipinski definition) is 6. The summed E-state index contributed by atoms with van der Waals surface area (Å²) in [5, 5.41) is 4.89. The molecule has 0 saturated heterocycles. The van der Waals surface area contributed by atoms with Crippen LogP contribution >= 0.6 is 15.9 Å². The number of carbonyl (C=O) groups is 1. The van der Waals surface area contributed by atoms with Crippen molar-refractivity contribution in [1.29, 1.82) is 0 Å². The SMILES string of the molecule is CCCc1nc2ccc(Br)cc2c(=O)n1N=Cc1ccccc1O[C@H](C)C(=O)OC. The van der Waals surface area contributed by atoms with E-state index in [1.54, 1.807) is 31.2 Å². The maximum absolute atomic E-state index is 13.1. The Bertz CT molecular complexity index is 1160. The Labute approximate surface area is 182 Å². The van der Waals surface area contributed by atoms with Gasteiger partial charge in [-0.15, -0.1) is 0 Å². The highest BCUT2D eigenvalue weighted by molar-refractivity contribution is 9.10. The molecule has 0 amide bonds. The maximum atomic E-state index is 13.1. The van der Waals surface area contributed by atoms with Crippen LogP contribution in [-0.2, 0) is 16.0 Å². The molecule has 156 valence electrons. The fourth-order valence-corrected chi connectivity index (χ4v) is 3.28. The van der Waals surface area contributed by atoms with Crippen LogP contribution in [0.25, 0.3) is 10.9 Å². The van der Waals surface area contributed by atoms with Gasteiger partial charge in [-0.25, -0.2) is 9.78 Å². The molecule has 3 rings (SSSR count). The third-order valence-electron chi connectivity index (χ3n) is 4.42. The third-order valence-corrected chi connectivity index (χ3v) is 4.91. The minimum atomic E-state index is -0.775. The van der Waals surface area contributed by atoms with Crippen molar-refractivity contribution in [3.63, 3.8) is 0 Å². The van der Waals surface area contributed by atoms with Gasteiger partial charge in [-0.1, -0.05) is 35.0 Å². The molecule has 8 heteroatoms. The fraction of sp³-hybridized carbons (Fsp3) is 0.273. The van der Waals surface area contributed by atoms with Crippen LogP contribution in [0.2, 0.25) is 0 Å². The van der Waals surface area contributed by atoms with Crippen LogP contribution in [0.3, 0.4) is 0 Å². The average molecular weight is 472 g/mol. The summed E-state index contributed by atoms with van der Waals surface area (Å²) in [4.78, 5) is 29.4. The van der Waals surface area contributed by atoms with Crippen LogP contribution in [-0.4, -0.2) is 35.1 Å². The second-order valence-electron chi connectivity index (χ2n) is 6.62. The van der Waals surface area contributed by atoms with Gasteiger partial charge in [0.1, 0.15) is 11.6 Å². The molecule has 1 aromatic heterocycles. The Balaban J connectivity index is 2.04. The quantitative estimate of drug-likeness (QED) is 0.385. The van der Waals surface area contributed by atoms with Crippen molar-refractivity contribution in [2.24, 2.45) is 5.10 Å². The Hall–Kier alpha value is -3.00. The number of aromatic nitrogens is 2. The van der Waals surface area contributed by atoms with Crippen molar-refractivity contribution >= 4 is 39.0 Å². The summed E-state index contributed by atoms with van der Waals surface area (Å²) in [6.07, 6.45) is 2.18. The van der Waals surface area contributed by atoms with Gasteiger partial charge in [0.05, 0.1) is 24.2 Å². The molecule has 1 heterocycles. The monoisotopic (exact) mass is 471 g/mol. The predicted molar refractivity (Wildman–Crippen MR) is 119 cm³/mol. The van der Waals surface area contributed by atoms with Crippen LogP contribution < -0.4 is 10.3 Å². The zero-order chi connectivity index (χ0) is 21.7. The van der Waals surface area contributed by atoms with E-state index in [9.17, 15) is 9.59 Å². The molecule has 3 aromatic rings. The molecule has 0 fully saturated rings. The highest BCUT2D eigenvalue weighted by Gasteiger charge is 2.16. The number of carbonyl (C=O) groups excluding carboxylic acids is 1. The molecule has 0 aliphatic heterocycles. The summed E-state index contributed by atoms with van der Waals surface area (Å²) in [6, 6.07) is 12.5. The molecule has 0 saturated carbocycles. The van der Waals surface area contributed by atoms with Crippen LogP contribution in [0, 0.1) is 0 Å². The van der Waals surface area contributed by atoms with Crippen molar-refractivity contribution in [1.82, 2.24) is 9.66 Å². The first kappa shape index (κ1) is 21.7. The number of methoxy groups -OCH3 is 1. The molecule has 0 unspecified atom stereocenters. The Morgan fingerprint density at radius 1 is 1.30 bits per heavy atom. The number of fused-ring (bicyclic) bond motifs is 1. The van der Waals surface area contributed by atoms with Gasteiger partial charge in [0.2, 0.25) is 0 Å². The molecule has 0 aliphatic carbocycles. The highest BCUT2D eigenvalue weighted by atomic mass is 79.9. The number of nitrogens with zero attached hydrogens (tertiary/aromatic N) is 3. The van der Waals surface area contributed by atoms with Gasteiger partial charge < -0.3 is 9.47 Å². The van der Waals surface area contributed by atoms with Gasteiger partial charge in [-0.2, -0.15) is 9.78 Å². The lowest BCUT2D eigenvalue weighted by molar-refractivity contribution is -0.147. The summed E-state index contributed by atoms with van der Waals surface area (Å²) in [5.41, 5.74) is 1.01. The summed E-state index contributed by atoms with van der Waals surface area (Å²) in [5.74, 6) is 0.558. The molecular formula is C22H22BrN3O4. The summed E-state index contributed by atoms with van der Waals surface area (Å²) >= 11 is 3.40. The van der Waals surface area contributed by atoms with Gasteiger partial charge >= 0.3 is 5.97 Å². The topological polar surface area (TPSA) is 82.8 Å². The van der Waals surface area contributed by atoms with Crippen LogP contribution in [0.1, 0.15) is 31.7 Å². The van der Waals surface area contributed by atoms with Crippen molar-refractivity contribution < 1.29 is 14.3 Å². The van der Waals surface area contributed by atoms with Gasteiger partial charge in [0, 0.05) is 16.5 Å². The molecule has 0 aliphatic rings. The normalized spacial score (nSPS) is 12.3. The van der Waals surface area contributed by atoms with Crippen LogP contribution in [0.5, 0.6) is 5.75 Å². The standard InChI is InChI=1S/C22H22BrN3O4/c1-4-7-20-25-18-11-10-16(23)12-17(18)21(27)26(20)24-13-15-8-5-6-9-19(15)30-14(2)22(28)29-3/h5-6,8-14H,4,7H2,1-3H3/t14-/m1/s1. The molecule has 0 spiro atoms. The number of ether oxygens (including phenoxy) is 2. The molecule has 0 N–H and O–H groups in total. The second-order valence-corrected chi connectivity index (χ2v) is 7.54. The Kier molecular flexibility index (Phi) is 6.99. The van der Waals surface area contributed by atoms with E-state index in [1.807, 2.05) is 25.1 Å². The first-order valence-electron chi connectivity index (χ1n) is 9.53. The van der Waals surface area contributed by atoms with E-state index in [2.05, 4.69) is 26.0 Å². The number of para-hydroxylation sites is 1. The first-order chi connectivity index (χ1) is 14.4. The van der Waals surface area contributed by atoms with Crippen LogP contribution in [0.15, 0.2) is 56.8 Å². The first-order valence-corrected chi connectivity index (χ1v) is 10.3. The van der Waals surface area contributed by atoms with E-state index in [1.165, 1.54) is 18.0 Å². The van der Waals surface area contributed by atoms with E-state index >= 15 is 0 Å². The van der Waals surface area contributed by atoms with Crippen molar-refractivity contribution in [2.75, 3.05) is 7.11 Å². The molecule has 1 atom stereocenters. The largest absolute Gasteiger partial charge is 0.478 e. The van der Waals surface area contributed by atoms with Crippen LogP contribution in [0.4, 0.5) is 0 Å². The predicted octanol–water partition coefficient (Wildman–Crippen LogP) is 3.93. The lowest BCUT2D eigenvalue weighted by Crippen LogP contribution is -2.25. The summed E-state index contributed by atoms with van der Waals surface area (Å²) < 4.78 is 12.5. The van der Waals surface area contributed by atoms with Gasteiger partial charge in [-0.05, 0) is 43.7 Å². The molecule has 30 heavy (non-hydrogen) atoms. The summed E-state index contributed by atoms with van der Waals surface area (Å²) in [7, 11) is 1.31. The van der Waals surface area contributed by atoms with E-state index in [0.717, 1.165) is 10.9 Å². The number of halogens is 1. The lowest BCUT2D eigenvalue weighted by atomic mass is 10.2. The molecule has 0 radical (unpaired) electrons. The van der Waals surface area contributed by atoms with Crippen molar-refractivity contribution in [2.45, 2.75) is 32.8 Å². The van der Waals surface area contributed by atoms with Gasteiger partial charge in [-0.3, -0.25) is 4.79 Å². The minimum Gasteiger partial charge on any atom is -0.478 e. The average Bonchev–Trinajstić information content (AvgIpc) is 2.74. The number of hydrogen-bond donors (Lipinski definition) is 0. The number of rotatable bonds is 7. The Morgan fingerprint density at radius 3 is 2.80 bits per heavy atom. The molecular weight excluding hydrogens is 450 g/mol. The smallest absolute Gasteiger partial charge is 0.346 e. The number of esters is 1. The fourth-order valence-electron chi connectivity index (χ4n) is 2.92. The third kappa shape index (κ3) is 4.76. The van der Waals surface area contributed by atoms with E-state index in [-0.39, 0.29) is 5.56 Å². The summed E-state index contributed by atoms with van der Waals surface area (Å²) in [6.45, 7) is 3.62. The molecule has 0 bridgehead atoms. The minimum absolute atomic E-state index is 0.248. The highest BCUT2D eigenvalue weighted by Crippen LogP contribution is 2.19. The van der Waals surface area contributed by atoms with E-state index in [4.69, 9.17) is 9.47 Å². The van der Waals surface area contributed by atoms with Gasteiger partial charge in [0.15, 0.2) is 6.10 Å². The number of benzene rings is 2. The lowest BCUT2D eigenvalue weighted by Gasteiger charge is -2.14. The molecule has 2 aromatic carbocycles. The van der Waals surface area contributed by atoms with E-state index in [0.29, 0.717) is 34.5 Å².